The van der Waals surface area contributed by atoms with Crippen LogP contribution in [0.1, 0.15) is 49.3 Å². The number of carbonyl (C=O) groups excluding carboxylic acids is 1. The topological polar surface area (TPSA) is 43.1 Å². The van der Waals surface area contributed by atoms with Crippen molar-refractivity contribution in [3.63, 3.8) is 0 Å². The minimum absolute atomic E-state index is 0.195. The fourth-order valence-electron chi connectivity index (χ4n) is 2.56. The largest absolute Gasteiger partial charge is 0.318 e. The molecule has 2 nitrogen and oxygen atoms in total. The van der Waals surface area contributed by atoms with Crippen LogP contribution < -0.4 is 5.73 Å². The van der Waals surface area contributed by atoms with Crippen molar-refractivity contribution in [2.45, 2.75) is 51.0 Å². The number of hydrogen-bond acceptors (Lipinski definition) is 2. The van der Waals surface area contributed by atoms with Gasteiger partial charge in [0.15, 0.2) is 0 Å². The molecule has 0 radical (unpaired) electrons. The van der Waals surface area contributed by atoms with Crippen LogP contribution in [0.15, 0.2) is 18.2 Å². The Morgan fingerprint density at radius 2 is 2.22 bits per heavy atom. The van der Waals surface area contributed by atoms with E-state index in [0.29, 0.717) is 18.8 Å². The highest BCUT2D eigenvalue weighted by Crippen LogP contribution is 2.31. The van der Waals surface area contributed by atoms with Gasteiger partial charge in [-0.15, -0.1) is 12.6 Å². The van der Waals surface area contributed by atoms with E-state index in [1.165, 1.54) is 16.7 Å². The van der Waals surface area contributed by atoms with Crippen molar-refractivity contribution in [2.24, 2.45) is 5.73 Å². The van der Waals surface area contributed by atoms with E-state index in [0.717, 1.165) is 12.8 Å². The van der Waals surface area contributed by atoms with Gasteiger partial charge in [-0.3, -0.25) is 4.79 Å². The van der Waals surface area contributed by atoms with Gasteiger partial charge >= 0.3 is 0 Å². The Hall–Kier alpha value is -0.800. The van der Waals surface area contributed by atoms with Crippen LogP contribution in [0.3, 0.4) is 0 Å². The van der Waals surface area contributed by atoms with Crippen LogP contribution >= 0.6 is 12.6 Å². The molecular weight excluding hydrogens is 242 g/mol. The number of rotatable bonds is 3. The summed E-state index contributed by atoms with van der Waals surface area (Å²) in [4.78, 5) is 11.5. The van der Waals surface area contributed by atoms with Gasteiger partial charge in [0.2, 0.25) is 5.12 Å². The summed E-state index contributed by atoms with van der Waals surface area (Å²) in [5.41, 5.74) is 9.29. The van der Waals surface area contributed by atoms with Gasteiger partial charge in [0.05, 0.1) is 5.54 Å². The molecule has 2 atom stereocenters. The third-order valence-corrected chi connectivity index (χ3v) is 4.63. The lowest BCUT2D eigenvalue weighted by Crippen LogP contribution is -2.50. The molecule has 1 aliphatic carbocycles. The molecule has 0 spiro atoms. The minimum atomic E-state index is -0.770. The lowest BCUT2D eigenvalue weighted by Gasteiger charge is -2.32. The summed E-state index contributed by atoms with van der Waals surface area (Å²) in [6.07, 6.45) is 3.34. The molecule has 0 bridgehead atoms. The summed E-state index contributed by atoms with van der Waals surface area (Å²) in [7, 11) is 0. The molecule has 98 valence electrons. The maximum Gasteiger partial charge on any atom is 0.206 e. The summed E-state index contributed by atoms with van der Waals surface area (Å²) in [6.45, 7) is 4.45. The molecule has 1 aromatic carbocycles. The van der Waals surface area contributed by atoms with Crippen LogP contribution in [-0.4, -0.2) is 10.7 Å². The van der Waals surface area contributed by atoms with Gasteiger partial charge in [-0.1, -0.05) is 32.0 Å². The Kier molecular flexibility index (Phi) is 3.83. The first-order chi connectivity index (χ1) is 8.46. The molecule has 2 N–H and O–H groups in total. The van der Waals surface area contributed by atoms with Crippen molar-refractivity contribution in [3.8, 4) is 0 Å². The van der Waals surface area contributed by atoms with Gasteiger partial charge in [-0.05, 0) is 48.3 Å². The van der Waals surface area contributed by atoms with Crippen LogP contribution in [-0.2, 0) is 17.6 Å². The van der Waals surface area contributed by atoms with Crippen molar-refractivity contribution in [2.75, 3.05) is 0 Å². The molecule has 0 amide bonds. The molecule has 1 aliphatic rings. The van der Waals surface area contributed by atoms with E-state index in [1.807, 2.05) is 0 Å². The summed E-state index contributed by atoms with van der Waals surface area (Å²) in [5.74, 6) is 0.589. The lowest BCUT2D eigenvalue weighted by atomic mass is 9.78. The average molecular weight is 263 g/mol. The highest BCUT2D eigenvalue weighted by atomic mass is 32.1. The second-order valence-corrected chi connectivity index (χ2v) is 5.88. The number of nitrogens with two attached hydrogens (primary N) is 1. The molecule has 2 rings (SSSR count). The van der Waals surface area contributed by atoms with E-state index < -0.39 is 5.54 Å². The van der Waals surface area contributed by atoms with Crippen LogP contribution in [0.25, 0.3) is 0 Å². The molecule has 0 saturated heterocycles. The summed E-state index contributed by atoms with van der Waals surface area (Å²) >= 11 is 3.92. The Morgan fingerprint density at radius 3 is 2.83 bits per heavy atom. The average Bonchev–Trinajstić information content (AvgIpc) is 2.37. The third kappa shape index (κ3) is 2.47. The van der Waals surface area contributed by atoms with E-state index in [9.17, 15) is 4.79 Å². The predicted octanol–water partition coefficient (Wildman–Crippen LogP) is 2.84. The standard InChI is InChI=1S/C15H21NOS/c1-3-10(2)11-4-5-13-9-15(16,14(17)18)7-6-12(13)8-11/h4-5,8,10H,3,6-7,9,16H2,1-2H3,(H,17,18). The van der Waals surface area contributed by atoms with Gasteiger partial charge < -0.3 is 5.73 Å². The zero-order chi connectivity index (χ0) is 13.3. The highest BCUT2D eigenvalue weighted by molar-refractivity contribution is 7.96. The van der Waals surface area contributed by atoms with Gasteiger partial charge in [-0.25, -0.2) is 0 Å². The molecule has 3 heteroatoms. The summed E-state index contributed by atoms with van der Waals surface area (Å²) < 4.78 is 0. The first-order valence-corrected chi connectivity index (χ1v) is 7.05. The maximum absolute atomic E-state index is 11.5. The smallest absolute Gasteiger partial charge is 0.206 e. The van der Waals surface area contributed by atoms with E-state index in [4.69, 9.17) is 5.73 Å². The lowest BCUT2D eigenvalue weighted by molar-refractivity contribution is -0.115. The van der Waals surface area contributed by atoms with E-state index >= 15 is 0 Å². The first-order valence-electron chi connectivity index (χ1n) is 6.60. The van der Waals surface area contributed by atoms with E-state index in [1.54, 1.807) is 0 Å². The van der Waals surface area contributed by atoms with Gasteiger partial charge in [0.1, 0.15) is 0 Å². The quantitative estimate of drug-likeness (QED) is 0.824. The fourth-order valence-corrected chi connectivity index (χ4v) is 2.75. The van der Waals surface area contributed by atoms with E-state index in [2.05, 4.69) is 44.7 Å². The predicted molar refractivity (Wildman–Crippen MR) is 78.1 cm³/mol. The van der Waals surface area contributed by atoms with E-state index in [-0.39, 0.29) is 5.12 Å². The number of benzene rings is 1. The van der Waals surface area contributed by atoms with Crippen molar-refractivity contribution >= 4 is 17.7 Å². The molecule has 0 heterocycles. The second kappa shape index (κ2) is 5.06. The number of thiol groups is 1. The van der Waals surface area contributed by atoms with Crippen molar-refractivity contribution < 1.29 is 4.79 Å². The Bertz CT molecular complexity index is 472. The third-order valence-electron chi connectivity index (χ3n) is 4.18. The normalized spacial score (nSPS) is 24.4. The molecule has 0 aromatic heterocycles. The Morgan fingerprint density at radius 1 is 1.50 bits per heavy atom. The second-order valence-electron chi connectivity index (χ2n) is 5.48. The Labute approximate surface area is 114 Å². The van der Waals surface area contributed by atoms with Crippen molar-refractivity contribution in [3.05, 3.63) is 34.9 Å². The molecule has 1 aromatic rings. The molecule has 0 saturated carbocycles. The highest BCUT2D eigenvalue weighted by Gasteiger charge is 2.35. The van der Waals surface area contributed by atoms with Crippen LogP contribution in [0, 0.1) is 0 Å². The van der Waals surface area contributed by atoms with Crippen molar-refractivity contribution in [1.29, 1.82) is 0 Å². The molecule has 18 heavy (non-hydrogen) atoms. The molecule has 2 unspecified atom stereocenters. The minimum Gasteiger partial charge on any atom is -0.318 e. The van der Waals surface area contributed by atoms with Crippen LogP contribution in [0.4, 0.5) is 0 Å². The number of fused-ring (bicyclic) bond motifs is 1. The summed E-state index contributed by atoms with van der Waals surface area (Å²) in [5, 5.41) is -0.195. The van der Waals surface area contributed by atoms with Crippen LogP contribution in [0.5, 0.6) is 0 Å². The van der Waals surface area contributed by atoms with Crippen molar-refractivity contribution in [1.82, 2.24) is 0 Å². The fraction of sp³-hybridized carbons (Fsp3) is 0.533. The zero-order valence-electron chi connectivity index (χ0n) is 11.1. The monoisotopic (exact) mass is 263 g/mol. The Balaban J connectivity index is 2.29. The van der Waals surface area contributed by atoms with Gasteiger partial charge in [0.25, 0.3) is 0 Å². The molecule has 0 aliphatic heterocycles. The van der Waals surface area contributed by atoms with Gasteiger partial charge in [-0.2, -0.15) is 0 Å². The molecular formula is C15H21NOS. The maximum atomic E-state index is 11.5. The van der Waals surface area contributed by atoms with Crippen LogP contribution in [0.2, 0.25) is 0 Å². The zero-order valence-corrected chi connectivity index (χ0v) is 12.0. The van der Waals surface area contributed by atoms with Gasteiger partial charge in [0, 0.05) is 0 Å². The number of carbonyl (C=O) groups is 1. The number of aryl methyl sites for hydroxylation is 1. The molecule has 0 fully saturated rings. The SMILES string of the molecule is CCC(C)c1ccc2c(c1)CCC(N)(C(=O)S)C2. The number of hydrogen-bond donors (Lipinski definition) is 2. The first kappa shape index (κ1) is 13.6. The summed E-state index contributed by atoms with van der Waals surface area (Å²) in [6, 6.07) is 6.59.